The van der Waals surface area contributed by atoms with Crippen LogP contribution in [0.25, 0.3) is 5.69 Å². The Labute approximate surface area is 81.9 Å². The lowest BCUT2D eigenvalue weighted by Gasteiger charge is -2.09. The number of hydrogen-bond donors (Lipinski definition) is 1. The Morgan fingerprint density at radius 3 is 2.93 bits per heavy atom. The Bertz CT molecular complexity index is 423. The Morgan fingerprint density at radius 2 is 2.29 bits per heavy atom. The largest absolute Gasteiger partial charge is 0.495 e. The van der Waals surface area contributed by atoms with E-state index >= 15 is 0 Å². The molecule has 0 radical (unpaired) electrons. The second-order valence-electron chi connectivity index (χ2n) is 2.86. The second-order valence-corrected chi connectivity index (χ2v) is 2.86. The smallest absolute Gasteiger partial charge is 0.143 e. The van der Waals surface area contributed by atoms with Gasteiger partial charge in [0.15, 0.2) is 0 Å². The number of nitrogens with two attached hydrogens (primary N) is 1. The normalized spacial score (nSPS) is 10.1. The number of ether oxygens (including phenoxy) is 1. The van der Waals surface area contributed by atoms with E-state index in [1.807, 2.05) is 29.0 Å². The SMILES string of the molecule is COc1cccc(-n2ccnc2)c1N. The first kappa shape index (κ1) is 8.62. The summed E-state index contributed by atoms with van der Waals surface area (Å²) >= 11 is 0. The Hall–Kier alpha value is -1.97. The maximum Gasteiger partial charge on any atom is 0.143 e. The van der Waals surface area contributed by atoms with E-state index in [0.717, 1.165) is 5.69 Å². The van der Waals surface area contributed by atoms with Crippen molar-refractivity contribution in [2.45, 2.75) is 0 Å². The van der Waals surface area contributed by atoms with Gasteiger partial charge in [-0.2, -0.15) is 0 Å². The zero-order valence-electron chi connectivity index (χ0n) is 7.84. The molecule has 0 fully saturated rings. The van der Waals surface area contributed by atoms with E-state index in [1.54, 1.807) is 19.6 Å². The van der Waals surface area contributed by atoms with Crippen molar-refractivity contribution in [2.24, 2.45) is 0 Å². The summed E-state index contributed by atoms with van der Waals surface area (Å²) in [6, 6.07) is 5.64. The van der Waals surface area contributed by atoms with Gasteiger partial charge in [0.1, 0.15) is 5.75 Å². The first-order valence-corrected chi connectivity index (χ1v) is 4.23. The molecular formula is C10H11N3O. The van der Waals surface area contributed by atoms with Gasteiger partial charge in [-0.3, -0.25) is 0 Å². The van der Waals surface area contributed by atoms with Gasteiger partial charge < -0.3 is 15.0 Å². The minimum absolute atomic E-state index is 0.619. The molecule has 14 heavy (non-hydrogen) atoms. The molecule has 0 aliphatic heterocycles. The van der Waals surface area contributed by atoms with Gasteiger partial charge in [0.05, 0.1) is 24.8 Å². The molecule has 1 aromatic carbocycles. The molecule has 0 atom stereocenters. The summed E-state index contributed by atoms with van der Waals surface area (Å²) in [5.74, 6) is 0.677. The number of rotatable bonds is 2. The van der Waals surface area contributed by atoms with Crippen LogP contribution in [0.4, 0.5) is 5.69 Å². The van der Waals surface area contributed by atoms with Gasteiger partial charge in [-0.1, -0.05) is 6.07 Å². The standard InChI is InChI=1S/C10H11N3O/c1-14-9-4-2-3-8(10(9)11)13-6-5-12-7-13/h2-7H,11H2,1H3. The molecular weight excluding hydrogens is 178 g/mol. The van der Waals surface area contributed by atoms with Gasteiger partial charge in [0.2, 0.25) is 0 Å². The van der Waals surface area contributed by atoms with Gasteiger partial charge in [-0.25, -0.2) is 4.98 Å². The molecule has 1 heterocycles. The number of anilines is 1. The molecule has 0 aliphatic rings. The van der Waals surface area contributed by atoms with Crippen molar-refractivity contribution in [2.75, 3.05) is 12.8 Å². The highest BCUT2D eigenvalue weighted by Crippen LogP contribution is 2.27. The van der Waals surface area contributed by atoms with E-state index < -0.39 is 0 Å². The fourth-order valence-electron chi connectivity index (χ4n) is 1.34. The van der Waals surface area contributed by atoms with Gasteiger partial charge in [-0.05, 0) is 12.1 Å². The highest BCUT2D eigenvalue weighted by molar-refractivity contribution is 5.66. The molecule has 0 aliphatic carbocycles. The lowest BCUT2D eigenvalue weighted by Crippen LogP contribution is -1.99. The monoisotopic (exact) mass is 189 g/mol. The summed E-state index contributed by atoms with van der Waals surface area (Å²) in [6.07, 6.45) is 5.25. The van der Waals surface area contributed by atoms with Crippen LogP contribution in [0.5, 0.6) is 5.75 Å². The highest BCUT2D eigenvalue weighted by atomic mass is 16.5. The van der Waals surface area contributed by atoms with Gasteiger partial charge >= 0.3 is 0 Å². The van der Waals surface area contributed by atoms with Crippen LogP contribution in [-0.4, -0.2) is 16.7 Å². The maximum absolute atomic E-state index is 5.91. The van der Waals surface area contributed by atoms with Crippen LogP contribution in [0.3, 0.4) is 0 Å². The molecule has 0 spiro atoms. The van der Waals surface area contributed by atoms with Crippen molar-refractivity contribution in [1.29, 1.82) is 0 Å². The molecule has 0 saturated carbocycles. The summed E-state index contributed by atoms with van der Waals surface area (Å²) in [7, 11) is 1.60. The summed E-state index contributed by atoms with van der Waals surface area (Å²) in [4.78, 5) is 3.96. The summed E-state index contributed by atoms with van der Waals surface area (Å²) in [5, 5.41) is 0. The van der Waals surface area contributed by atoms with Crippen LogP contribution in [-0.2, 0) is 0 Å². The van der Waals surface area contributed by atoms with Crippen LogP contribution >= 0.6 is 0 Å². The highest BCUT2D eigenvalue weighted by Gasteiger charge is 2.05. The fourth-order valence-corrected chi connectivity index (χ4v) is 1.34. The summed E-state index contributed by atoms with van der Waals surface area (Å²) in [5.41, 5.74) is 7.41. The number of nitrogens with zero attached hydrogens (tertiary/aromatic N) is 2. The van der Waals surface area contributed by atoms with Crippen molar-refractivity contribution in [3.63, 3.8) is 0 Å². The average Bonchev–Trinajstić information content (AvgIpc) is 2.71. The predicted octanol–water partition coefficient (Wildman–Crippen LogP) is 1.46. The van der Waals surface area contributed by atoms with Gasteiger partial charge in [-0.15, -0.1) is 0 Å². The molecule has 0 saturated heterocycles. The first-order valence-electron chi connectivity index (χ1n) is 4.23. The maximum atomic E-state index is 5.91. The van der Waals surface area contributed by atoms with Gasteiger partial charge in [0, 0.05) is 12.4 Å². The molecule has 1 aromatic heterocycles. The number of hydrogen-bond acceptors (Lipinski definition) is 3. The summed E-state index contributed by atoms with van der Waals surface area (Å²) < 4.78 is 6.97. The van der Waals surface area contributed by atoms with Crippen LogP contribution in [0.2, 0.25) is 0 Å². The van der Waals surface area contributed by atoms with E-state index in [1.165, 1.54) is 0 Å². The molecule has 2 aromatic rings. The van der Waals surface area contributed by atoms with E-state index in [4.69, 9.17) is 10.5 Å². The zero-order chi connectivity index (χ0) is 9.97. The Kier molecular flexibility index (Phi) is 2.10. The van der Waals surface area contributed by atoms with Crippen molar-refractivity contribution >= 4 is 5.69 Å². The lowest BCUT2D eigenvalue weighted by atomic mass is 10.2. The zero-order valence-corrected chi connectivity index (χ0v) is 7.84. The number of imidazole rings is 1. The minimum Gasteiger partial charge on any atom is -0.495 e. The van der Waals surface area contributed by atoms with Crippen LogP contribution < -0.4 is 10.5 Å². The number of benzene rings is 1. The van der Waals surface area contributed by atoms with E-state index in [9.17, 15) is 0 Å². The molecule has 0 unspecified atom stereocenters. The average molecular weight is 189 g/mol. The van der Waals surface area contributed by atoms with Crippen molar-refractivity contribution in [1.82, 2.24) is 9.55 Å². The summed E-state index contributed by atoms with van der Waals surface area (Å²) in [6.45, 7) is 0. The van der Waals surface area contributed by atoms with E-state index in [-0.39, 0.29) is 0 Å². The second kappa shape index (κ2) is 3.41. The number of nitrogen functional groups attached to an aromatic ring is 1. The van der Waals surface area contributed by atoms with Crippen LogP contribution in [0.15, 0.2) is 36.9 Å². The number of methoxy groups -OCH3 is 1. The molecule has 2 rings (SSSR count). The first-order chi connectivity index (χ1) is 6.83. The fraction of sp³-hybridized carbons (Fsp3) is 0.100. The van der Waals surface area contributed by atoms with Crippen LogP contribution in [0, 0.1) is 0 Å². The quantitative estimate of drug-likeness (QED) is 0.728. The topological polar surface area (TPSA) is 53.1 Å². The van der Waals surface area contributed by atoms with E-state index in [2.05, 4.69) is 4.98 Å². The number of aromatic nitrogens is 2. The van der Waals surface area contributed by atoms with Crippen molar-refractivity contribution < 1.29 is 4.74 Å². The van der Waals surface area contributed by atoms with Gasteiger partial charge in [0.25, 0.3) is 0 Å². The molecule has 2 N–H and O–H groups in total. The lowest BCUT2D eigenvalue weighted by molar-refractivity contribution is 0.417. The molecule has 4 nitrogen and oxygen atoms in total. The van der Waals surface area contributed by atoms with E-state index in [0.29, 0.717) is 11.4 Å². The molecule has 72 valence electrons. The van der Waals surface area contributed by atoms with Crippen molar-refractivity contribution in [3.05, 3.63) is 36.9 Å². The number of para-hydroxylation sites is 1. The minimum atomic E-state index is 0.619. The molecule has 0 bridgehead atoms. The molecule has 0 amide bonds. The Balaban J connectivity index is 2.54. The molecule has 4 heteroatoms. The predicted molar refractivity (Wildman–Crippen MR) is 54.5 cm³/mol. The third-order valence-corrected chi connectivity index (χ3v) is 2.05. The van der Waals surface area contributed by atoms with Crippen LogP contribution in [0.1, 0.15) is 0 Å². The third-order valence-electron chi connectivity index (χ3n) is 2.05. The van der Waals surface area contributed by atoms with Crippen molar-refractivity contribution in [3.8, 4) is 11.4 Å². The Morgan fingerprint density at radius 1 is 1.43 bits per heavy atom. The third kappa shape index (κ3) is 1.31.